The Balaban J connectivity index is 0. The van der Waals surface area contributed by atoms with Crippen LogP contribution >= 0.6 is 7.82 Å². The summed E-state index contributed by atoms with van der Waals surface area (Å²) in [6, 6.07) is 0. The molecule has 0 saturated heterocycles. The predicted octanol–water partition coefficient (Wildman–Crippen LogP) is -0.838. The third-order valence-electron chi connectivity index (χ3n) is 0.771. The second-order valence-corrected chi connectivity index (χ2v) is 15.7. The summed E-state index contributed by atoms with van der Waals surface area (Å²) >= 11 is 0. The van der Waals surface area contributed by atoms with Gasteiger partial charge in [-0.2, -0.15) is 0 Å². The first kappa shape index (κ1) is 17.5. The van der Waals surface area contributed by atoms with Crippen LogP contribution in [0.4, 0.5) is 0 Å². The molecule has 0 N–H and O–H groups in total. The predicted molar refractivity (Wildman–Crippen MR) is 56.5 cm³/mol. The molecule has 0 fully saturated rings. The van der Waals surface area contributed by atoms with Gasteiger partial charge in [0.05, 0.1) is 0 Å². The van der Waals surface area contributed by atoms with Crippen LogP contribution in [-0.4, -0.2) is 16.6 Å². The Bertz CT molecular complexity index is 203. The maximum absolute atomic E-state index is 11.3. The molecular formula is C6H18LiO4PSi2. The van der Waals surface area contributed by atoms with Crippen molar-refractivity contribution in [3.63, 3.8) is 0 Å². The van der Waals surface area contributed by atoms with Crippen LogP contribution in [0.1, 0.15) is 0 Å². The minimum absolute atomic E-state index is 0. The molecule has 0 heterocycles. The Morgan fingerprint density at radius 1 is 0.929 bits per heavy atom. The van der Waals surface area contributed by atoms with E-state index in [0.717, 1.165) is 0 Å². The molecule has 0 aliphatic carbocycles. The van der Waals surface area contributed by atoms with Crippen LogP contribution in [-0.2, 0) is 13.0 Å². The van der Waals surface area contributed by atoms with Crippen LogP contribution in [0, 0.1) is 0 Å². The molecule has 0 saturated carbocycles. The maximum atomic E-state index is 11.3. The minimum atomic E-state index is -4.06. The summed E-state index contributed by atoms with van der Waals surface area (Å²) in [6.45, 7) is 10.9. The van der Waals surface area contributed by atoms with Gasteiger partial charge in [-0.25, -0.2) is 0 Å². The molecule has 0 spiro atoms. The van der Waals surface area contributed by atoms with Crippen molar-refractivity contribution in [1.29, 1.82) is 0 Å². The zero-order valence-electron chi connectivity index (χ0n) is 10.1. The van der Waals surface area contributed by atoms with Crippen LogP contribution in [0.15, 0.2) is 0 Å². The van der Waals surface area contributed by atoms with Crippen LogP contribution in [0.2, 0.25) is 39.3 Å². The second kappa shape index (κ2) is 5.46. The first-order chi connectivity index (χ1) is 5.41. The van der Waals surface area contributed by atoms with E-state index in [1.807, 2.05) is 39.3 Å². The quantitative estimate of drug-likeness (QED) is 0.481. The number of hydrogen-bond donors (Lipinski definition) is 0. The zero-order chi connectivity index (χ0) is 10.9. The van der Waals surface area contributed by atoms with Crippen molar-refractivity contribution in [3.8, 4) is 0 Å². The van der Waals surface area contributed by atoms with Crippen LogP contribution < -0.4 is 23.8 Å². The summed E-state index contributed by atoms with van der Waals surface area (Å²) in [4.78, 5) is 11.3. The van der Waals surface area contributed by atoms with Crippen molar-refractivity contribution in [1.82, 2.24) is 0 Å². The standard InChI is InChI=1S/C6H19O4PSi2.Li/c1-12(2,3)9-11(7,8)10-13(4,5)6;/h1-6H3,(H,7,8);/q;+1/p-1. The van der Waals surface area contributed by atoms with Crippen molar-refractivity contribution in [2.75, 3.05) is 0 Å². The maximum Gasteiger partial charge on any atom is 1.00 e. The van der Waals surface area contributed by atoms with E-state index in [1.54, 1.807) is 0 Å². The SMILES string of the molecule is C[Si](C)(C)OP(=O)([O-])O[Si](C)(C)C.[Li+]. The molecule has 0 aliphatic rings. The van der Waals surface area contributed by atoms with Gasteiger partial charge in [0.2, 0.25) is 7.82 Å². The molecule has 0 aromatic rings. The largest absolute Gasteiger partial charge is 1.00 e. The fourth-order valence-electron chi connectivity index (χ4n) is 0.689. The molecule has 0 aromatic heterocycles. The van der Waals surface area contributed by atoms with Gasteiger partial charge in [0.15, 0.2) is 16.6 Å². The Morgan fingerprint density at radius 3 is 1.29 bits per heavy atom. The average molecular weight is 248 g/mol. The molecular weight excluding hydrogens is 230 g/mol. The Hall–Kier alpha value is 1.14. The van der Waals surface area contributed by atoms with Gasteiger partial charge < -0.3 is 13.3 Å². The van der Waals surface area contributed by atoms with Gasteiger partial charge in [0.25, 0.3) is 0 Å². The van der Waals surface area contributed by atoms with E-state index < -0.39 is 24.5 Å². The molecule has 8 heteroatoms. The molecule has 4 nitrogen and oxygen atoms in total. The van der Waals surface area contributed by atoms with E-state index in [9.17, 15) is 9.46 Å². The average Bonchev–Trinajstić information content (AvgIpc) is 1.43. The molecule has 0 aromatic carbocycles. The molecule has 0 atom stereocenters. The molecule has 80 valence electrons. The molecule has 0 rings (SSSR count). The van der Waals surface area contributed by atoms with Gasteiger partial charge in [-0.15, -0.1) is 0 Å². The van der Waals surface area contributed by atoms with Crippen molar-refractivity contribution < 1.29 is 36.7 Å². The monoisotopic (exact) mass is 248 g/mol. The first-order valence-corrected chi connectivity index (χ1v) is 12.4. The first-order valence-electron chi connectivity index (χ1n) is 4.14. The molecule has 0 unspecified atom stereocenters. The minimum Gasteiger partial charge on any atom is -0.757 e. The van der Waals surface area contributed by atoms with Crippen LogP contribution in [0.3, 0.4) is 0 Å². The zero-order valence-corrected chi connectivity index (χ0v) is 13.0. The van der Waals surface area contributed by atoms with Crippen molar-refractivity contribution >= 4 is 24.5 Å². The summed E-state index contributed by atoms with van der Waals surface area (Å²) in [7, 11) is -8.20. The summed E-state index contributed by atoms with van der Waals surface area (Å²) in [5, 5.41) is 0. The Labute approximate surface area is 100 Å². The number of hydrogen-bond acceptors (Lipinski definition) is 4. The third kappa shape index (κ3) is 11.2. The summed E-state index contributed by atoms with van der Waals surface area (Å²) in [5.41, 5.74) is 0. The van der Waals surface area contributed by atoms with Gasteiger partial charge in [-0.1, -0.05) is 0 Å². The van der Waals surface area contributed by atoms with Crippen molar-refractivity contribution in [2.24, 2.45) is 0 Å². The van der Waals surface area contributed by atoms with Crippen LogP contribution in [0.5, 0.6) is 0 Å². The third-order valence-corrected chi connectivity index (χ3v) is 6.94. The fourth-order valence-corrected chi connectivity index (χ4v) is 6.54. The molecule has 0 radical (unpaired) electrons. The van der Waals surface area contributed by atoms with Gasteiger partial charge in [0.1, 0.15) is 0 Å². The van der Waals surface area contributed by atoms with E-state index in [2.05, 4.69) is 0 Å². The number of phosphoric acid groups is 1. The topological polar surface area (TPSA) is 58.6 Å². The van der Waals surface area contributed by atoms with E-state index in [1.165, 1.54) is 0 Å². The summed E-state index contributed by atoms with van der Waals surface area (Å²) in [5.74, 6) is 0. The molecule has 0 amide bonds. The molecule has 0 aliphatic heterocycles. The smallest absolute Gasteiger partial charge is 0.757 e. The summed E-state index contributed by atoms with van der Waals surface area (Å²) in [6.07, 6.45) is 0. The van der Waals surface area contributed by atoms with Crippen molar-refractivity contribution in [2.45, 2.75) is 39.3 Å². The van der Waals surface area contributed by atoms with Gasteiger partial charge in [0, 0.05) is 0 Å². The van der Waals surface area contributed by atoms with E-state index in [0.29, 0.717) is 0 Å². The van der Waals surface area contributed by atoms with Gasteiger partial charge in [-0.3, -0.25) is 4.57 Å². The Kier molecular flexibility index (Phi) is 6.84. The Morgan fingerprint density at radius 2 is 1.14 bits per heavy atom. The summed E-state index contributed by atoms with van der Waals surface area (Å²) < 4.78 is 21.2. The van der Waals surface area contributed by atoms with Crippen molar-refractivity contribution in [3.05, 3.63) is 0 Å². The normalized spacial score (nSPS) is 13.6. The molecule has 14 heavy (non-hydrogen) atoms. The van der Waals surface area contributed by atoms with E-state index in [-0.39, 0.29) is 18.9 Å². The van der Waals surface area contributed by atoms with Gasteiger partial charge in [-0.05, 0) is 39.3 Å². The van der Waals surface area contributed by atoms with Gasteiger partial charge >= 0.3 is 18.9 Å². The molecule has 0 bridgehead atoms. The second-order valence-electron chi connectivity index (χ2n) is 4.85. The van der Waals surface area contributed by atoms with E-state index >= 15 is 0 Å². The van der Waals surface area contributed by atoms with Crippen LogP contribution in [0.25, 0.3) is 0 Å². The number of rotatable bonds is 4. The van der Waals surface area contributed by atoms with E-state index in [4.69, 9.17) is 8.43 Å². The fraction of sp³-hybridized carbons (Fsp3) is 1.00.